The lowest BCUT2D eigenvalue weighted by molar-refractivity contribution is -0.149. The minimum atomic E-state index is -4.08. The number of hydrogen-bond donors (Lipinski definition) is 1. The number of nitrogens with zero attached hydrogens (tertiary/aromatic N) is 1. The third-order valence-electron chi connectivity index (χ3n) is 6.54. The first-order valence-corrected chi connectivity index (χ1v) is 17.1. The van der Waals surface area contributed by atoms with Gasteiger partial charge in [0.15, 0.2) is 14.4 Å². The van der Waals surface area contributed by atoms with Crippen molar-refractivity contribution >= 4 is 46.9 Å². The zero-order valence-electron chi connectivity index (χ0n) is 21.2. The predicted octanol–water partition coefficient (Wildman–Crippen LogP) is 5.13. The van der Waals surface area contributed by atoms with Crippen LogP contribution in [-0.4, -0.2) is 57.5 Å². The average Bonchev–Trinajstić information content (AvgIpc) is 2.98. The van der Waals surface area contributed by atoms with E-state index in [1.54, 1.807) is 19.1 Å². The summed E-state index contributed by atoms with van der Waals surface area (Å²) in [6, 6.07) is 5.14. The van der Waals surface area contributed by atoms with Crippen molar-refractivity contribution in [3.05, 3.63) is 39.1 Å². The van der Waals surface area contributed by atoms with Gasteiger partial charge in [0.1, 0.15) is 6.10 Å². The minimum Gasteiger partial charge on any atom is -0.464 e. The molecule has 0 saturated heterocycles. The smallest absolute Gasteiger partial charge is 0.333 e. The topological polar surface area (TPSA) is 93.1 Å². The molecule has 192 valence electrons. The van der Waals surface area contributed by atoms with Gasteiger partial charge in [-0.05, 0) is 86.0 Å². The summed E-state index contributed by atoms with van der Waals surface area (Å²) in [5.41, 5.74) is 1.37. The summed E-state index contributed by atoms with van der Waals surface area (Å²) >= 11 is 1.95. The van der Waals surface area contributed by atoms with Crippen LogP contribution in [0.15, 0.2) is 38.4 Å². The van der Waals surface area contributed by atoms with Crippen LogP contribution in [0.4, 0.5) is 0 Å². The first kappa shape index (κ1) is 29.3. The lowest BCUT2D eigenvalue weighted by Gasteiger charge is -2.36. The Bertz CT molecular complexity index is 1000. The van der Waals surface area contributed by atoms with E-state index in [-0.39, 0.29) is 16.5 Å². The van der Waals surface area contributed by atoms with Gasteiger partial charge in [0.05, 0.1) is 11.5 Å². The maximum absolute atomic E-state index is 13.6. The number of aliphatic hydroxyl groups excluding tert-OH is 1. The number of ether oxygens (including phenoxy) is 1. The summed E-state index contributed by atoms with van der Waals surface area (Å²) in [4.78, 5) is 12.8. The molecule has 7 nitrogen and oxygen atoms in total. The van der Waals surface area contributed by atoms with Crippen molar-refractivity contribution in [1.29, 1.82) is 0 Å². The monoisotopic (exact) mass is 623 g/mol. The molecule has 0 saturated carbocycles. The van der Waals surface area contributed by atoms with Crippen molar-refractivity contribution in [2.24, 2.45) is 0 Å². The molecule has 10 heteroatoms. The highest BCUT2D eigenvalue weighted by Crippen LogP contribution is 2.41. The molecule has 1 aromatic rings. The standard InChI is InChI=1S/C24H38INO6SSi/c1-8-31-23(28)21-22(27)20(25)19(11-9-10-16-32-34(6,7)24(3,4)5)26(21)33(29,30)18-14-12-17(2)13-15-18/h12-15,21-22,27H,8-11,16H2,1-7H3/t21-,22-/m0/s1. The van der Waals surface area contributed by atoms with Crippen LogP contribution in [0.1, 0.15) is 52.5 Å². The van der Waals surface area contributed by atoms with E-state index in [4.69, 9.17) is 9.16 Å². The Labute approximate surface area is 219 Å². The van der Waals surface area contributed by atoms with Gasteiger partial charge < -0.3 is 14.3 Å². The van der Waals surface area contributed by atoms with Gasteiger partial charge in [0.25, 0.3) is 10.0 Å². The first-order chi connectivity index (χ1) is 15.6. The number of sulfonamides is 1. The number of benzene rings is 1. The quantitative estimate of drug-likeness (QED) is 0.168. The Morgan fingerprint density at radius 1 is 1.18 bits per heavy atom. The highest BCUT2D eigenvalue weighted by molar-refractivity contribution is 14.1. The van der Waals surface area contributed by atoms with Crippen molar-refractivity contribution < 1.29 is 27.5 Å². The molecule has 0 radical (unpaired) electrons. The first-order valence-electron chi connectivity index (χ1n) is 11.6. The van der Waals surface area contributed by atoms with Crippen LogP contribution >= 0.6 is 22.6 Å². The van der Waals surface area contributed by atoms with Crippen LogP contribution < -0.4 is 0 Å². The molecule has 0 unspecified atom stereocenters. The molecule has 1 heterocycles. The summed E-state index contributed by atoms with van der Waals surface area (Å²) < 4.78 is 40.2. The number of aliphatic hydroxyl groups is 1. The maximum Gasteiger partial charge on any atom is 0.333 e. The number of hydrogen-bond acceptors (Lipinski definition) is 6. The predicted molar refractivity (Wildman–Crippen MR) is 145 cm³/mol. The average molecular weight is 624 g/mol. The lowest BCUT2D eigenvalue weighted by Crippen LogP contribution is -2.47. The fourth-order valence-electron chi connectivity index (χ4n) is 3.45. The molecular weight excluding hydrogens is 585 g/mol. The van der Waals surface area contributed by atoms with Crippen molar-refractivity contribution in [3.8, 4) is 0 Å². The number of allylic oxidation sites excluding steroid dienone is 1. The van der Waals surface area contributed by atoms with E-state index in [0.29, 0.717) is 28.7 Å². The second kappa shape index (κ2) is 11.4. The van der Waals surface area contributed by atoms with Gasteiger partial charge in [0.2, 0.25) is 0 Å². The molecular formula is C24H38INO6SSi. The van der Waals surface area contributed by atoms with Crippen LogP contribution in [0.2, 0.25) is 18.1 Å². The Morgan fingerprint density at radius 2 is 1.76 bits per heavy atom. The maximum atomic E-state index is 13.6. The summed E-state index contributed by atoms with van der Waals surface area (Å²) in [7, 11) is -5.94. The molecule has 0 spiro atoms. The molecule has 34 heavy (non-hydrogen) atoms. The van der Waals surface area contributed by atoms with Crippen molar-refractivity contribution in [2.75, 3.05) is 13.2 Å². The number of unbranched alkanes of at least 4 members (excludes halogenated alkanes) is 1. The highest BCUT2D eigenvalue weighted by atomic mass is 127. The number of rotatable bonds is 10. The SMILES string of the molecule is CCOC(=O)[C@@H]1[C@@H](O)C(I)=C(CCCCO[Si](C)(C)C(C)(C)C)N1S(=O)(=O)c1ccc(C)cc1. The third-order valence-corrected chi connectivity index (χ3v) is 14.2. The third kappa shape index (κ3) is 6.43. The largest absolute Gasteiger partial charge is 0.464 e. The summed E-state index contributed by atoms with van der Waals surface area (Å²) in [6.45, 7) is 15.2. The van der Waals surface area contributed by atoms with Crippen LogP contribution in [-0.2, 0) is 24.0 Å². The van der Waals surface area contributed by atoms with E-state index in [0.717, 1.165) is 16.3 Å². The number of halogens is 1. The second-order valence-electron chi connectivity index (χ2n) is 10.1. The lowest BCUT2D eigenvalue weighted by atomic mass is 10.2. The second-order valence-corrected chi connectivity index (χ2v) is 17.9. The highest BCUT2D eigenvalue weighted by Gasteiger charge is 2.49. The number of aryl methyl sites for hydroxylation is 1. The zero-order chi connectivity index (χ0) is 25.9. The summed E-state index contributed by atoms with van der Waals surface area (Å²) in [6.07, 6.45) is 0.548. The minimum absolute atomic E-state index is 0.0736. The van der Waals surface area contributed by atoms with Crippen LogP contribution in [0.5, 0.6) is 0 Å². The van der Waals surface area contributed by atoms with Crippen LogP contribution in [0, 0.1) is 6.92 Å². The molecule has 1 aromatic carbocycles. The van der Waals surface area contributed by atoms with Crippen molar-refractivity contribution in [3.63, 3.8) is 0 Å². The van der Waals surface area contributed by atoms with Gasteiger partial charge in [-0.15, -0.1) is 0 Å². The van der Waals surface area contributed by atoms with E-state index < -0.39 is 36.5 Å². The molecule has 0 aromatic heterocycles. The van der Waals surface area contributed by atoms with Gasteiger partial charge in [-0.1, -0.05) is 38.5 Å². The van der Waals surface area contributed by atoms with E-state index in [2.05, 4.69) is 33.9 Å². The molecule has 1 aliphatic heterocycles. The molecule has 0 aliphatic carbocycles. The Kier molecular flexibility index (Phi) is 9.82. The molecule has 1 N–H and O–H groups in total. The zero-order valence-corrected chi connectivity index (χ0v) is 25.2. The molecule has 2 atom stereocenters. The summed E-state index contributed by atoms with van der Waals surface area (Å²) in [5, 5.41) is 11.0. The van der Waals surface area contributed by atoms with Gasteiger partial charge in [0, 0.05) is 15.9 Å². The normalized spacial score (nSPS) is 19.6. The van der Waals surface area contributed by atoms with Crippen LogP contribution in [0.3, 0.4) is 0 Å². The molecule has 0 bridgehead atoms. The molecule has 0 amide bonds. The summed E-state index contributed by atoms with van der Waals surface area (Å²) in [5.74, 6) is -0.754. The molecule has 2 rings (SSSR count). The number of esters is 1. The van der Waals surface area contributed by atoms with Gasteiger partial charge in [-0.25, -0.2) is 13.2 Å². The fourth-order valence-corrected chi connectivity index (χ4v) is 7.26. The van der Waals surface area contributed by atoms with E-state index >= 15 is 0 Å². The Hall–Kier alpha value is -0.953. The number of carbonyl (C=O) groups excluding carboxylic acids is 1. The van der Waals surface area contributed by atoms with Crippen LogP contribution in [0.25, 0.3) is 0 Å². The van der Waals surface area contributed by atoms with Gasteiger partial charge in [-0.3, -0.25) is 4.31 Å². The van der Waals surface area contributed by atoms with E-state index in [9.17, 15) is 18.3 Å². The number of carbonyl (C=O) groups is 1. The van der Waals surface area contributed by atoms with E-state index in [1.807, 2.05) is 29.5 Å². The van der Waals surface area contributed by atoms with Gasteiger partial charge >= 0.3 is 5.97 Å². The van der Waals surface area contributed by atoms with E-state index in [1.165, 1.54) is 12.1 Å². The molecule has 1 aliphatic rings. The fraction of sp³-hybridized carbons (Fsp3) is 0.625. The van der Waals surface area contributed by atoms with Crippen molar-refractivity contribution in [2.45, 2.75) is 89.1 Å². The molecule has 0 fully saturated rings. The Balaban J connectivity index is 2.27. The van der Waals surface area contributed by atoms with Gasteiger partial charge in [-0.2, -0.15) is 0 Å². The Morgan fingerprint density at radius 3 is 2.29 bits per heavy atom. The van der Waals surface area contributed by atoms with Crippen molar-refractivity contribution in [1.82, 2.24) is 4.31 Å².